The van der Waals surface area contributed by atoms with Crippen LogP contribution in [-0.2, 0) is 0 Å². The molecule has 0 saturated heterocycles. The topological polar surface area (TPSA) is 29.1 Å². The number of hydrogen-bond acceptors (Lipinski definition) is 1. The zero-order valence-electron chi connectivity index (χ0n) is 10.5. The van der Waals surface area contributed by atoms with Crippen molar-refractivity contribution in [2.24, 2.45) is 5.92 Å². The van der Waals surface area contributed by atoms with Crippen LogP contribution >= 0.6 is 39.1 Å². The molecule has 104 valence electrons. The lowest BCUT2D eigenvalue weighted by atomic mass is 9.89. The minimum atomic E-state index is -0.149. The molecule has 0 aromatic heterocycles. The van der Waals surface area contributed by atoms with Gasteiger partial charge in [0.05, 0.1) is 10.6 Å². The summed E-state index contributed by atoms with van der Waals surface area (Å²) in [7, 11) is 0. The van der Waals surface area contributed by atoms with E-state index in [1.165, 1.54) is 19.3 Å². The number of carbonyl (C=O) groups excluding carboxylic acids is 1. The molecule has 2 atom stereocenters. The van der Waals surface area contributed by atoms with E-state index in [9.17, 15) is 4.79 Å². The Morgan fingerprint density at radius 3 is 2.89 bits per heavy atom. The van der Waals surface area contributed by atoms with Gasteiger partial charge in [-0.3, -0.25) is 4.79 Å². The van der Waals surface area contributed by atoms with Crippen LogP contribution in [0.15, 0.2) is 18.2 Å². The van der Waals surface area contributed by atoms with Crippen LogP contribution in [0.25, 0.3) is 0 Å². The Bertz CT molecular complexity index is 467. The van der Waals surface area contributed by atoms with Gasteiger partial charge in [-0.1, -0.05) is 45.6 Å². The fourth-order valence-electron chi connectivity index (χ4n) is 2.41. The largest absolute Gasteiger partial charge is 0.352 e. The van der Waals surface area contributed by atoms with Crippen molar-refractivity contribution in [3.63, 3.8) is 0 Å². The van der Waals surface area contributed by atoms with Gasteiger partial charge in [0.15, 0.2) is 0 Å². The first-order chi connectivity index (χ1) is 9.06. The normalized spacial score (nSPS) is 23.1. The lowest BCUT2D eigenvalue weighted by Gasteiger charge is -2.25. The first-order valence-electron chi connectivity index (χ1n) is 6.43. The molecule has 1 aromatic carbocycles. The van der Waals surface area contributed by atoms with Gasteiger partial charge in [0.2, 0.25) is 0 Å². The summed E-state index contributed by atoms with van der Waals surface area (Å²) in [4.78, 5) is 12.7. The second-order valence-electron chi connectivity index (χ2n) is 4.96. The number of nitrogens with one attached hydrogen (secondary N) is 1. The maximum atomic E-state index is 12.1. The molecule has 0 heterocycles. The summed E-state index contributed by atoms with van der Waals surface area (Å²) < 4.78 is 0. The summed E-state index contributed by atoms with van der Waals surface area (Å²) in [5, 5.41) is 3.91. The maximum absolute atomic E-state index is 12.1. The summed E-state index contributed by atoms with van der Waals surface area (Å²) in [5.41, 5.74) is 0.445. The zero-order chi connectivity index (χ0) is 13.8. The van der Waals surface area contributed by atoms with E-state index >= 15 is 0 Å². The van der Waals surface area contributed by atoms with Gasteiger partial charge in [-0.05, 0) is 43.4 Å². The molecule has 5 heteroatoms. The molecular formula is C14H16BrCl2NO. The van der Waals surface area contributed by atoms with Crippen LogP contribution in [-0.4, -0.2) is 17.3 Å². The van der Waals surface area contributed by atoms with Crippen LogP contribution in [0.3, 0.4) is 0 Å². The minimum Gasteiger partial charge on any atom is -0.352 e. The summed E-state index contributed by atoms with van der Waals surface area (Å²) in [6.45, 7) is 0.698. The molecule has 1 saturated carbocycles. The highest BCUT2D eigenvalue weighted by molar-refractivity contribution is 9.09. The van der Waals surface area contributed by atoms with Crippen LogP contribution in [0, 0.1) is 5.92 Å². The molecule has 2 rings (SSSR count). The molecule has 1 aliphatic rings. The fourth-order valence-corrected chi connectivity index (χ4v) is 3.64. The molecule has 2 unspecified atom stereocenters. The lowest BCUT2D eigenvalue weighted by molar-refractivity contribution is 0.0944. The van der Waals surface area contributed by atoms with Crippen molar-refractivity contribution in [2.75, 3.05) is 6.54 Å². The third-order valence-corrected chi connectivity index (χ3v) is 4.84. The quantitative estimate of drug-likeness (QED) is 0.775. The molecule has 2 nitrogen and oxygen atoms in total. The highest BCUT2D eigenvalue weighted by atomic mass is 79.9. The molecular weight excluding hydrogens is 349 g/mol. The van der Waals surface area contributed by atoms with Gasteiger partial charge in [0.25, 0.3) is 5.91 Å². The van der Waals surface area contributed by atoms with Crippen LogP contribution < -0.4 is 5.32 Å². The van der Waals surface area contributed by atoms with E-state index in [2.05, 4.69) is 21.2 Å². The summed E-state index contributed by atoms with van der Waals surface area (Å²) >= 11 is 15.5. The van der Waals surface area contributed by atoms with E-state index in [0.717, 1.165) is 6.42 Å². The van der Waals surface area contributed by atoms with Gasteiger partial charge in [-0.25, -0.2) is 0 Å². The molecule has 1 N–H and O–H groups in total. The van der Waals surface area contributed by atoms with Gasteiger partial charge in [-0.2, -0.15) is 0 Å². The lowest BCUT2D eigenvalue weighted by Crippen LogP contribution is -2.32. The van der Waals surface area contributed by atoms with E-state index in [1.807, 2.05) is 0 Å². The number of alkyl halides is 1. The molecule has 0 spiro atoms. The molecule has 0 radical (unpaired) electrons. The minimum absolute atomic E-state index is 0.149. The van der Waals surface area contributed by atoms with Gasteiger partial charge in [0, 0.05) is 16.4 Å². The molecule has 1 aliphatic carbocycles. The number of benzene rings is 1. The van der Waals surface area contributed by atoms with E-state index in [1.54, 1.807) is 18.2 Å². The number of rotatable bonds is 3. The van der Waals surface area contributed by atoms with Crippen molar-refractivity contribution in [2.45, 2.75) is 30.5 Å². The Labute approximate surface area is 132 Å². The van der Waals surface area contributed by atoms with Crippen molar-refractivity contribution in [1.82, 2.24) is 5.32 Å². The fraction of sp³-hybridized carbons (Fsp3) is 0.500. The van der Waals surface area contributed by atoms with Crippen molar-refractivity contribution in [3.8, 4) is 0 Å². The predicted molar refractivity (Wildman–Crippen MR) is 83.5 cm³/mol. The Morgan fingerprint density at radius 1 is 1.37 bits per heavy atom. The second kappa shape index (κ2) is 6.96. The summed E-state index contributed by atoms with van der Waals surface area (Å²) in [6, 6.07) is 4.93. The first-order valence-corrected chi connectivity index (χ1v) is 8.10. The third kappa shape index (κ3) is 4.37. The van der Waals surface area contributed by atoms with Crippen molar-refractivity contribution in [1.29, 1.82) is 0 Å². The van der Waals surface area contributed by atoms with Crippen molar-refractivity contribution in [3.05, 3.63) is 33.8 Å². The van der Waals surface area contributed by atoms with E-state index in [0.29, 0.717) is 32.9 Å². The number of carbonyl (C=O) groups is 1. The molecule has 1 amide bonds. The van der Waals surface area contributed by atoms with Crippen LogP contribution in [0.1, 0.15) is 36.0 Å². The van der Waals surface area contributed by atoms with Crippen molar-refractivity contribution >= 4 is 45.0 Å². The van der Waals surface area contributed by atoms with Crippen LogP contribution in [0.4, 0.5) is 0 Å². The number of halogens is 3. The van der Waals surface area contributed by atoms with E-state index in [4.69, 9.17) is 23.2 Å². The van der Waals surface area contributed by atoms with Gasteiger partial charge in [0.1, 0.15) is 0 Å². The average Bonchev–Trinajstić information content (AvgIpc) is 2.39. The SMILES string of the molecule is O=C(NCC1CCCC(Br)C1)c1cc(Cl)ccc1Cl. The Kier molecular flexibility index (Phi) is 5.55. The molecule has 0 aliphatic heterocycles. The monoisotopic (exact) mass is 363 g/mol. The van der Waals surface area contributed by atoms with E-state index in [-0.39, 0.29) is 5.91 Å². The predicted octanol–water partition coefficient (Wildman–Crippen LogP) is 4.68. The standard InChI is InChI=1S/C14H16BrCl2NO/c15-10-3-1-2-9(6-10)8-18-14(19)12-7-11(16)4-5-13(12)17/h4-5,7,9-10H,1-3,6,8H2,(H,18,19). The molecule has 19 heavy (non-hydrogen) atoms. The third-order valence-electron chi connectivity index (χ3n) is 3.44. The Hall–Kier alpha value is -0.250. The van der Waals surface area contributed by atoms with Crippen molar-refractivity contribution < 1.29 is 4.79 Å². The van der Waals surface area contributed by atoms with Gasteiger partial charge in [-0.15, -0.1) is 0 Å². The second-order valence-corrected chi connectivity index (χ2v) is 7.10. The Balaban J connectivity index is 1.92. The molecule has 1 fully saturated rings. The van der Waals surface area contributed by atoms with Crippen LogP contribution in [0.5, 0.6) is 0 Å². The highest BCUT2D eigenvalue weighted by Crippen LogP contribution is 2.28. The zero-order valence-corrected chi connectivity index (χ0v) is 13.6. The molecule has 0 bridgehead atoms. The molecule has 1 aromatic rings. The summed E-state index contributed by atoms with van der Waals surface area (Å²) in [5.74, 6) is 0.393. The highest BCUT2D eigenvalue weighted by Gasteiger charge is 2.21. The van der Waals surface area contributed by atoms with Gasteiger partial charge < -0.3 is 5.32 Å². The maximum Gasteiger partial charge on any atom is 0.252 e. The van der Waals surface area contributed by atoms with E-state index < -0.39 is 0 Å². The first kappa shape index (κ1) is 15.1. The number of hydrogen-bond donors (Lipinski definition) is 1. The van der Waals surface area contributed by atoms with Gasteiger partial charge >= 0.3 is 0 Å². The van der Waals surface area contributed by atoms with Crippen LogP contribution in [0.2, 0.25) is 10.0 Å². The number of amides is 1. The summed E-state index contributed by atoms with van der Waals surface area (Å²) in [6.07, 6.45) is 4.73. The average molecular weight is 365 g/mol. The smallest absolute Gasteiger partial charge is 0.252 e. The Morgan fingerprint density at radius 2 is 2.16 bits per heavy atom.